The fourth-order valence-corrected chi connectivity index (χ4v) is 2.02. The van der Waals surface area contributed by atoms with Crippen LogP contribution >= 0.6 is 0 Å². The summed E-state index contributed by atoms with van der Waals surface area (Å²) in [6, 6.07) is 9.78. The lowest BCUT2D eigenvalue weighted by molar-refractivity contribution is 0.1000. The molecule has 0 unspecified atom stereocenters. The van der Waals surface area contributed by atoms with Crippen LogP contribution in [0.3, 0.4) is 0 Å². The van der Waals surface area contributed by atoms with Crippen LogP contribution in [-0.2, 0) is 6.61 Å². The van der Waals surface area contributed by atoms with Crippen LogP contribution in [0.4, 0.5) is 4.39 Å². The quantitative estimate of drug-likeness (QED) is 0.930. The minimum atomic E-state index is -0.586. The Morgan fingerprint density at radius 1 is 1.15 bits per heavy atom. The average molecular weight is 273 g/mol. The average Bonchev–Trinajstić information content (AvgIpc) is 2.36. The number of hydrogen-bond donors (Lipinski definition) is 1. The van der Waals surface area contributed by atoms with Gasteiger partial charge in [-0.05, 0) is 55.3 Å². The van der Waals surface area contributed by atoms with E-state index in [1.807, 2.05) is 32.0 Å². The Morgan fingerprint density at radius 2 is 1.80 bits per heavy atom. The summed E-state index contributed by atoms with van der Waals surface area (Å²) in [7, 11) is 0. The second-order valence-corrected chi connectivity index (χ2v) is 4.78. The third-order valence-corrected chi connectivity index (χ3v) is 2.92. The van der Waals surface area contributed by atoms with Gasteiger partial charge in [0.15, 0.2) is 0 Å². The highest BCUT2D eigenvalue weighted by atomic mass is 19.1. The predicted molar refractivity (Wildman–Crippen MR) is 75.2 cm³/mol. The Bertz CT molecular complexity index is 633. The summed E-state index contributed by atoms with van der Waals surface area (Å²) in [6.45, 7) is 3.98. The fourth-order valence-electron chi connectivity index (χ4n) is 2.02. The first-order chi connectivity index (χ1) is 9.45. The number of amides is 1. The number of hydrogen-bond acceptors (Lipinski definition) is 2. The van der Waals surface area contributed by atoms with Crippen molar-refractivity contribution in [3.63, 3.8) is 0 Å². The molecule has 2 aromatic rings. The number of carbonyl (C=O) groups is 1. The summed E-state index contributed by atoms with van der Waals surface area (Å²) in [5, 5.41) is 0. The van der Waals surface area contributed by atoms with Crippen LogP contribution in [-0.4, -0.2) is 5.91 Å². The number of halogens is 1. The first-order valence-corrected chi connectivity index (χ1v) is 6.25. The molecule has 0 saturated heterocycles. The first-order valence-electron chi connectivity index (χ1n) is 6.25. The molecular formula is C16H16FNO2. The van der Waals surface area contributed by atoms with Crippen molar-refractivity contribution in [2.75, 3.05) is 0 Å². The molecule has 0 spiro atoms. The van der Waals surface area contributed by atoms with Crippen LogP contribution in [0.2, 0.25) is 0 Å². The van der Waals surface area contributed by atoms with Gasteiger partial charge in [-0.15, -0.1) is 0 Å². The molecule has 3 nitrogen and oxygen atoms in total. The van der Waals surface area contributed by atoms with E-state index in [0.717, 1.165) is 11.1 Å². The van der Waals surface area contributed by atoms with Crippen molar-refractivity contribution >= 4 is 5.91 Å². The summed E-state index contributed by atoms with van der Waals surface area (Å²) in [5.74, 6) is -0.330. The van der Waals surface area contributed by atoms with E-state index in [9.17, 15) is 9.18 Å². The summed E-state index contributed by atoms with van der Waals surface area (Å²) in [6.07, 6.45) is 0. The molecule has 0 aromatic heterocycles. The molecule has 0 fully saturated rings. The maximum atomic E-state index is 13.7. The van der Waals surface area contributed by atoms with Gasteiger partial charge in [-0.25, -0.2) is 4.39 Å². The highest BCUT2D eigenvalue weighted by Gasteiger charge is 2.08. The zero-order valence-corrected chi connectivity index (χ0v) is 11.4. The van der Waals surface area contributed by atoms with Gasteiger partial charge in [0.2, 0.25) is 5.91 Å². The molecule has 1 amide bonds. The summed E-state index contributed by atoms with van der Waals surface area (Å²) >= 11 is 0. The van der Waals surface area contributed by atoms with E-state index in [2.05, 4.69) is 0 Å². The van der Waals surface area contributed by atoms with Crippen molar-refractivity contribution in [1.82, 2.24) is 0 Å². The van der Waals surface area contributed by atoms with E-state index in [4.69, 9.17) is 10.5 Å². The van der Waals surface area contributed by atoms with Gasteiger partial charge in [-0.2, -0.15) is 0 Å². The van der Waals surface area contributed by atoms with E-state index in [-0.39, 0.29) is 12.2 Å². The third kappa shape index (κ3) is 3.35. The second-order valence-electron chi connectivity index (χ2n) is 4.78. The molecule has 0 bridgehead atoms. The highest BCUT2D eigenvalue weighted by molar-refractivity contribution is 5.92. The van der Waals surface area contributed by atoms with Gasteiger partial charge < -0.3 is 10.5 Å². The van der Waals surface area contributed by atoms with E-state index >= 15 is 0 Å². The van der Waals surface area contributed by atoms with Gasteiger partial charge in [0.25, 0.3) is 0 Å². The van der Waals surface area contributed by atoms with Gasteiger partial charge in [0.05, 0.1) is 0 Å². The van der Waals surface area contributed by atoms with Crippen molar-refractivity contribution in [2.45, 2.75) is 20.5 Å². The fraction of sp³-hybridized carbons (Fsp3) is 0.188. The zero-order chi connectivity index (χ0) is 14.7. The molecule has 0 aliphatic rings. The van der Waals surface area contributed by atoms with E-state index in [1.165, 1.54) is 18.2 Å². The minimum absolute atomic E-state index is 0.0514. The van der Waals surface area contributed by atoms with Crippen LogP contribution in [0.25, 0.3) is 0 Å². The topological polar surface area (TPSA) is 52.3 Å². The lowest BCUT2D eigenvalue weighted by atomic mass is 10.1. The van der Waals surface area contributed by atoms with Crippen LogP contribution < -0.4 is 10.5 Å². The van der Waals surface area contributed by atoms with Crippen molar-refractivity contribution in [3.8, 4) is 5.75 Å². The summed E-state index contributed by atoms with van der Waals surface area (Å²) in [4.78, 5) is 11.1. The van der Waals surface area contributed by atoms with Crippen LogP contribution in [0, 0.1) is 19.7 Å². The van der Waals surface area contributed by atoms with Gasteiger partial charge in [-0.1, -0.05) is 6.07 Å². The third-order valence-electron chi connectivity index (χ3n) is 2.92. The number of carbonyl (C=O) groups excluding carboxylic acids is 1. The Morgan fingerprint density at radius 3 is 2.40 bits per heavy atom. The number of ether oxygens (including phenoxy) is 1. The number of benzene rings is 2. The van der Waals surface area contributed by atoms with Crippen molar-refractivity contribution in [2.24, 2.45) is 5.73 Å². The highest BCUT2D eigenvalue weighted by Crippen LogP contribution is 2.19. The van der Waals surface area contributed by atoms with E-state index in [0.29, 0.717) is 11.3 Å². The second kappa shape index (κ2) is 5.74. The predicted octanol–water partition coefficient (Wildman–Crippen LogP) is 3.12. The molecule has 0 heterocycles. The molecular weight excluding hydrogens is 257 g/mol. The van der Waals surface area contributed by atoms with Crippen molar-refractivity contribution in [1.29, 1.82) is 0 Å². The van der Waals surface area contributed by atoms with Gasteiger partial charge in [0.1, 0.15) is 18.2 Å². The SMILES string of the molecule is Cc1cc(C)cc(OCc2cc(C(N)=O)ccc2F)c1. The molecule has 2 N–H and O–H groups in total. The first kappa shape index (κ1) is 14.1. The monoisotopic (exact) mass is 273 g/mol. The Labute approximate surface area is 117 Å². The molecule has 0 aliphatic carbocycles. The minimum Gasteiger partial charge on any atom is -0.489 e. The molecule has 0 aliphatic heterocycles. The summed E-state index contributed by atoms with van der Waals surface area (Å²) in [5.41, 5.74) is 7.90. The zero-order valence-electron chi connectivity index (χ0n) is 11.4. The number of aryl methyl sites for hydroxylation is 2. The smallest absolute Gasteiger partial charge is 0.248 e. The normalized spacial score (nSPS) is 10.3. The number of primary amides is 1. The Kier molecular flexibility index (Phi) is 4.03. The van der Waals surface area contributed by atoms with E-state index < -0.39 is 11.7 Å². The number of rotatable bonds is 4. The Hall–Kier alpha value is -2.36. The maximum Gasteiger partial charge on any atom is 0.248 e. The molecule has 104 valence electrons. The van der Waals surface area contributed by atoms with Gasteiger partial charge in [0, 0.05) is 11.1 Å². The van der Waals surface area contributed by atoms with Crippen molar-refractivity contribution < 1.29 is 13.9 Å². The van der Waals surface area contributed by atoms with Gasteiger partial charge in [-0.3, -0.25) is 4.79 Å². The van der Waals surface area contributed by atoms with Crippen LogP contribution in [0.1, 0.15) is 27.0 Å². The largest absolute Gasteiger partial charge is 0.489 e. The molecule has 4 heteroatoms. The lowest BCUT2D eigenvalue weighted by Gasteiger charge is -2.09. The van der Waals surface area contributed by atoms with Crippen molar-refractivity contribution in [3.05, 3.63) is 64.5 Å². The molecule has 20 heavy (non-hydrogen) atoms. The maximum absolute atomic E-state index is 13.7. The lowest BCUT2D eigenvalue weighted by Crippen LogP contribution is -2.12. The van der Waals surface area contributed by atoms with Crippen LogP contribution in [0.15, 0.2) is 36.4 Å². The molecule has 0 atom stereocenters. The standard InChI is InChI=1S/C16H16FNO2/c1-10-5-11(2)7-14(6-10)20-9-13-8-12(16(18)19)3-4-15(13)17/h3-8H,9H2,1-2H3,(H2,18,19). The molecule has 2 rings (SSSR count). The Balaban J connectivity index is 2.18. The van der Waals surface area contributed by atoms with E-state index in [1.54, 1.807) is 0 Å². The number of nitrogens with two attached hydrogens (primary N) is 1. The summed E-state index contributed by atoms with van der Waals surface area (Å²) < 4.78 is 19.2. The molecule has 2 aromatic carbocycles. The van der Waals surface area contributed by atoms with Gasteiger partial charge >= 0.3 is 0 Å². The van der Waals surface area contributed by atoms with Crippen LogP contribution in [0.5, 0.6) is 5.75 Å². The molecule has 0 saturated carbocycles. The molecule has 0 radical (unpaired) electrons.